The summed E-state index contributed by atoms with van der Waals surface area (Å²) < 4.78 is 41.7. The molecule has 2 aromatic heterocycles. The number of rotatable bonds is 5. The number of fused-ring (bicyclic) bond motifs is 2. The van der Waals surface area contributed by atoms with E-state index in [1.165, 1.54) is 13.2 Å². The smallest absolute Gasteiger partial charge is 0.283 e. The van der Waals surface area contributed by atoms with E-state index < -0.39 is 21.5 Å². The van der Waals surface area contributed by atoms with Crippen molar-refractivity contribution in [3.8, 4) is 17.2 Å². The average molecular weight is 508 g/mol. The van der Waals surface area contributed by atoms with Gasteiger partial charge in [-0.1, -0.05) is 12.1 Å². The van der Waals surface area contributed by atoms with E-state index in [9.17, 15) is 13.2 Å². The highest BCUT2D eigenvalue weighted by molar-refractivity contribution is 7.90. The number of methoxy groups -OCH3 is 1. The molecule has 0 unspecified atom stereocenters. The molecule has 36 heavy (non-hydrogen) atoms. The number of pyridine rings is 1. The number of carbonyl (C=O) groups is 1. The fourth-order valence-electron chi connectivity index (χ4n) is 4.31. The molecule has 0 spiro atoms. The highest BCUT2D eigenvalue weighted by Crippen LogP contribution is 2.44. The van der Waals surface area contributed by atoms with Crippen LogP contribution >= 0.6 is 0 Å². The number of hydrogen-bond acceptors (Lipinski definition) is 8. The Morgan fingerprint density at radius 3 is 2.67 bits per heavy atom. The molecule has 0 atom stereocenters. The molecular formula is C25H25N5O5S. The fraction of sp³-hybridized carbons (Fsp3) is 0.240. The van der Waals surface area contributed by atoms with Crippen LogP contribution in [0.2, 0.25) is 0 Å². The Morgan fingerprint density at radius 1 is 1.19 bits per heavy atom. The van der Waals surface area contributed by atoms with E-state index in [0.717, 1.165) is 16.6 Å². The number of amides is 1. The first-order chi connectivity index (χ1) is 17.0. The van der Waals surface area contributed by atoms with Crippen LogP contribution in [0.15, 0.2) is 53.6 Å². The van der Waals surface area contributed by atoms with Crippen molar-refractivity contribution in [2.45, 2.75) is 37.7 Å². The number of ether oxygens (including phenoxy) is 2. The van der Waals surface area contributed by atoms with Crippen molar-refractivity contribution in [2.75, 3.05) is 12.8 Å². The van der Waals surface area contributed by atoms with Crippen LogP contribution < -0.4 is 19.9 Å². The lowest BCUT2D eigenvalue weighted by Gasteiger charge is -2.19. The SMILES string of the molecule is COc1ccc2c(c1S(=O)(=O)NC(=O)c1ccc3c(-n4cc(N)c(C)n4)cccc3n1)OC(C)(C)C2. The second kappa shape index (κ2) is 8.23. The number of aromatic nitrogens is 3. The zero-order chi connectivity index (χ0) is 25.8. The summed E-state index contributed by atoms with van der Waals surface area (Å²) in [7, 11) is -2.99. The van der Waals surface area contributed by atoms with Gasteiger partial charge in [0.05, 0.1) is 35.9 Å². The van der Waals surface area contributed by atoms with Crippen LogP contribution in [-0.4, -0.2) is 41.8 Å². The molecular weight excluding hydrogens is 482 g/mol. The first-order valence-electron chi connectivity index (χ1n) is 11.2. The van der Waals surface area contributed by atoms with E-state index in [1.807, 2.05) is 19.9 Å². The van der Waals surface area contributed by atoms with Gasteiger partial charge in [0.1, 0.15) is 22.8 Å². The maximum absolute atomic E-state index is 13.4. The molecule has 0 aliphatic carbocycles. The van der Waals surface area contributed by atoms with E-state index in [4.69, 9.17) is 15.2 Å². The molecule has 0 saturated carbocycles. The number of carbonyl (C=O) groups excluding carboxylic acids is 1. The van der Waals surface area contributed by atoms with Crippen molar-refractivity contribution in [3.05, 3.63) is 65.6 Å². The van der Waals surface area contributed by atoms with E-state index in [1.54, 1.807) is 48.1 Å². The number of nitrogens with two attached hydrogens (primary N) is 1. The minimum atomic E-state index is -4.35. The third kappa shape index (κ3) is 4.01. The number of sulfonamides is 1. The lowest BCUT2D eigenvalue weighted by atomic mass is 10.0. The molecule has 0 saturated heterocycles. The minimum Gasteiger partial charge on any atom is -0.495 e. The second-order valence-electron chi connectivity index (χ2n) is 9.21. The number of nitrogens with one attached hydrogen (secondary N) is 1. The Morgan fingerprint density at radius 2 is 1.97 bits per heavy atom. The first kappa shape index (κ1) is 23.6. The van der Waals surface area contributed by atoms with Gasteiger partial charge in [-0.05, 0) is 56.7 Å². The molecule has 3 heterocycles. The highest BCUT2D eigenvalue weighted by Gasteiger charge is 2.38. The van der Waals surface area contributed by atoms with Crippen LogP contribution in [0.1, 0.15) is 35.6 Å². The average Bonchev–Trinajstić information content (AvgIpc) is 3.33. The quantitative estimate of drug-likeness (QED) is 0.420. The van der Waals surface area contributed by atoms with Crippen molar-refractivity contribution in [1.82, 2.24) is 19.5 Å². The van der Waals surface area contributed by atoms with Gasteiger partial charge in [0.2, 0.25) is 0 Å². The Hall–Kier alpha value is -4.12. The van der Waals surface area contributed by atoms with Gasteiger partial charge in [0.15, 0.2) is 4.90 Å². The summed E-state index contributed by atoms with van der Waals surface area (Å²) in [4.78, 5) is 17.2. The molecule has 4 aromatic rings. The van der Waals surface area contributed by atoms with Crippen LogP contribution in [-0.2, 0) is 16.4 Å². The molecule has 2 aromatic carbocycles. The van der Waals surface area contributed by atoms with Crippen molar-refractivity contribution in [1.29, 1.82) is 0 Å². The summed E-state index contributed by atoms with van der Waals surface area (Å²) in [5, 5.41) is 5.13. The first-order valence-corrected chi connectivity index (χ1v) is 12.7. The van der Waals surface area contributed by atoms with Crippen molar-refractivity contribution in [2.24, 2.45) is 0 Å². The fourth-order valence-corrected chi connectivity index (χ4v) is 5.59. The van der Waals surface area contributed by atoms with Gasteiger partial charge in [-0.25, -0.2) is 22.8 Å². The summed E-state index contributed by atoms with van der Waals surface area (Å²) in [5.74, 6) is -0.611. The second-order valence-corrected chi connectivity index (χ2v) is 10.8. The van der Waals surface area contributed by atoms with Gasteiger partial charge in [-0.3, -0.25) is 4.79 Å². The highest BCUT2D eigenvalue weighted by atomic mass is 32.2. The Labute approximate surface area is 208 Å². The summed E-state index contributed by atoms with van der Waals surface area (Å²) in [5.41, 5.74) is 8.47. The van der Waals surface area contributed by atoms with E-state index in [-0.39, 0.29) is 22.1 Å². The lowest BCUT2D eigenvalue weighted by Crippen LogP contribution is -2.32. The summed E-state index contributed by atoms with van der Waals surface area (Å²) in [6.07, 6.45) is 2.23. The largest absolute Gasteiger partial charge is 0.495 e. The predicted molar refractivity (Wildman–Crippen MR) is 134 cm³/mol. The number of benzene rings is 2. The number of nitrogen functional groups attached to an aromatic ring is 1. The Bertz CT molecular complexity index is 1620. The molecule has 1 amide bonds. The van der Waals surface area contributed by atoms with Gasteiger partial charge < -0.3 is 15.2 Å². The zero-order valence-corrected chi connectivity index (χ0v) is 21.0. The van der Waals surface area contributed by atoms with Crippen molar-refractivity contribution in [3.63, 3.8) is 0 Å². The molecule has 0 bridgehead atoms. The maximum atomic E-state index is 13.4. The normalized spacial score (nSPS) is 14.3. The van der Waals surface area contributed by atoms with Gasteiger partial charge >= 0.3 is 0 Å². The number of aryl methyl sites for hydroxylation is 1. The number of anilines is 1. The molecule has 186 valence electrons. The van der Waals surface area contributed by atoms with Crippen molar-refractivity contribution >= 4 is 32.5 Å². The molecule has 1 aliphatic rings. The third-order valence-electron chi connectivity index (χ3n) is 5.99. The Balaban J connectivity index is 1.50. The standard InChI is InChI=1S/C25H25N5O5S/c1-14-17(26)13-30(28-14)20-7-5-6-18-16(20)9-10-19(27-18)24(31)29-36(32,33)23-21(34-4)11-8-15-12-25(2,3)35-22(15)23/h5-11,13H,12,26H2,1-4H3,(H,29,31). The van der Waals surface area contributed by atoms with Crippen LogP contribution in [0.5, 0.6) is 11.5 Å². The minimum absolute atomic E-state index is 0.0628. The lowest BCUT2D eigenvalue weighted by molar-refractivity contribution is 0.0977. The summed E-state index contributed by atoms with van der Waals surface area (Å²) in [6.45, 7) is 5.53. The molecule has 1 aliphatic heterocycles. The third-order valence-corrected chi connectivity index (χ3v) is 7.37. The summed E-state index contributed by atoms with van der Waals surface area (Å²) in [6, 6.07) is 11.8. The molecule has 0 radical (unpaired) electrons. The molecule has 3 N–H and O–H groups in total. The number of nitrogens with zero attached hydrogens (tertiary/aromatic N) is 3. The van der Waals surface area contributed by atoms with Gasteiger partial charge in [-0.2, -0.15) is 5.10 Å². The van der Waals surface area contributed by atoms with E-state index in [2.05, 4.69) is 14.8 Å². The molecule has 11 heteroatoms. The van der Waals surface area contributed by atoms with Crippen LogP contribution in [0, 0.1) is 6.92 Å². The molecule has 0 fully saturated rings. The maximum Gasteiger partial charge on any atom is 0.283 e. The molecule has 10 nitrogen and oxygen atoms in total. The Kier molecular flexibility index (Phi) is 5.40. The van der Waals surface area contributed by atoms with E-state index in [0.29, 0.717) is 23.3 Å². The monoisotopic (exact) mass is 507 g/mol. The predicted octanol–water partition coefficient (Wildman–Crippen LogP) is 3.15. The topological polar surface area (TPSA) is 138 Å². The van der Waals surface area contributed by atoms with Crippen LogP contribution in [0.25, 0.3) is 16.6 Å². The van der Waals surface area contributed by atoms with Crippen LogP contribution in [0.3, 0.4) is 0 Å². The van der Waals surface area contributed by atoms with Gasteiger partial charge in [-0.15, -0.1) is 0 Å². The van der Waals surface area contributed by atoms with Gasteiger partial charge in [0, 0.05) is 11.8 Å². The van der Waals surface area contributed by atoms with Gasteiger partial charge in [0.25, 0.3) is 15.9 Å². The molecule has 5 rings (SSSR count). The van der Waals surface area contributed by atoms with Crippen LogP contribution in [0.4, 0.5) is 5.69 Å². The van der Waals surface area contributed by atoms with Crippen molar-refractivity contribution < 1.29 is 22.7 Å². The summed E-state index contributed by atoms with van der Waals surface area (Å²) >= 11 is 0. The van der Waals surface area contributed by atoms with E-state index >= 15 is 0 Å². The zero-order valence-electron chi connectivity index (χ0n) is 20.2. The number of hydrogen-bond donors (Lipinski definition) is 2.